The molecule has 3 heteroatoms. The van der Waals surface area contributed by atoms with Crippen LogP contribution in [0.5, 0.6) is 0 Å². The lowest BCUT2D eigenvalue weighted by molar-refractivity contribution is 0.0779. The van der Waals surface area contributed by atoms with Crippen molar-refractivity contribution in [2.45, 2.75) is 13.8 Å². The molecule has 0 saturated carbocycles. The van der Waals surface area contributed by atoms with E-state index in [2.05, 4.69) is 25.7 Å². The van der Waals surface area contributed by atoms with E-state index in [9.17, 15) is 4.79 Å². The molecule has 1 amide bonds. The summed E-state index contributed by atoms with van der Waals surface area (Å²) >= 11 is 0. The van der Waals surface area contributed by atoms with Crippen molar-refractivity contribution in [2.24, 2.45) is 11.7 Å². The first kappa shape index (κ1) is 14.3. The van der Waals surface area contributed by atoms with Gasteiger partial charge in [-0.1, -0.05) is 37.8 Å². The number of carbonyl (C=O) groups is 1. The normalized spacial score (nSPS) is 9.83. The Kier molecular flexibility index (Phi) is 5.41. The van der Waals surface area contributed by atoms with Crippen molar-refractivity contribution in [1.82, 2.24) is 4.90 Å². The third-order valence-corrected chi connectivity index (χ3v) is 2.47. The fourth-order valence-electron chi connectivity index (χ4n) is 1.76. The maximum absolute atomic E-state index is 12.3. The van der Waals surface area contributed by atoms with Crippen LogP contribution in [-0.2, 0) is 0 Å². The quantitative estimate of drug-likeness (QED) is 0.823. The molecule has 0 aromatic heterocycles. The largest absolute Gasteiger partial charge is 0.341 e. The third kappa shape index (κ3) is 3.90. The Labute approximate surface area is 109 Å². The maximum atomic E-state index is 12.3. The zero-order chi connectivity index (χ0) is 13.5. The van der Waals surface area contributed by atoms with Crippen LogP contribution in [0.15, 0.2) is 24.3 Å². The molecular formula is C15H20N2O. The fraction of sp³-hybridized carbons (Fsp3) is 0.400. The minimum absolute atomic E-state index is 0.00521. The first-order chi connectivity index (χ1) is 8.56. The van der Waals surface area contributed by atoms with Gasteiger partial charge in [0.15, 0.2) is 0 Å². The minimum Gasteiger partial charge on any atom is -0.341 e. The lowest BCUT2D eigenvalue weighted by Crippen LogP contribution is -2.30. The Morgan fingerprint density at radius 3 is 2.67 bits per heavy atom. The van der Waals surface area contributed by atoms with Crippen LogP contribution in [0.4, 0.5) is 0 Å². The Morgan fingerprint density at radius 1 is 1.39 bits per heavy atom. The topological polar surface area (TPSA) is 46.3 Å². The van der Waals surface area contributed by atoms with Gasteiger partial charge in [0, 0.05) is 19.2 Å². The van der Waals surface area contributed by atoms with Gasteiger partial charge in [-0.3, -0.25) is 4.79 Å². The molecule has 1 aromatic rings. The highest BCUT2D eigenvalue weighted by atomic mass is 16.2. The van der Waals surface area contributed by atoms with Crippen LogP contribution in [0, 0.1) is 17.8 Å². The lowest BCUT2D eigenvalue weighted by atomic mass is 10.1. The van der Waals surface area contributed by atoms with E-state index in [1.807, 2.05) is 25.2 Å². The molecule has 0 fully saturated rings. The number of benzene rings is 1. The molecule has 0 aliphatic rings. The number of carbonyl (C=O) groups excluding carboxylic acids is 1. The third-order valence-electron chi connectivity index (χ3n) is 2.47. The van der Waals surface area contributed by atoms with E-state index in [0.717, 1.165) is 12.1 Å². The number of rotatable bonds is 3. The molecule has 0 unspecified atom stereocenters. The van der Waals surface area contributed by atoms with Crippen LogP contribution in [0.25, 0.3) is 0 Å². The molecule has 0 aliphatic carbocycles. The second-order valence-corrected chi connectivity index (χ2v) is 4.63. The lowest BCUT2D eigenvalue weighted by Gasteiger charge is -2.20. The smallest absolute Gasteiger partial charge is 0.254 e. The summed E-state index contributed by atoms with van der Waals surface area (Å²) in [7, 11) is 1.81. The number of nitrogens with zero attached hydrogens (tertiary/aromatic N) is 1. The van der Waals surface area contributed by atoms with Gasteiger partial charge in [0.05, 0.1) is 12.1 Å². The van der Waals surface area contributed by atoms with Crippen molar-refractivity contribution in [3.63, 3.8) is 0 Å². The predicted octanol–water partition coefficient (Wildman–Crippen LogP) is 1.72. The second-order valence-electron chi connectivity index (χ2n) is 4.63. The first-order valence-corrected chi connectivity index (χ1v) is 6.09. The highest BCUT2D eigenvalue weighted by Gasteiger charge is 2.15. The van der Waals surface area contributed by atoms with Crippen molar-refractivity contribution in [3.05, 3.63) is 35.4 Å². The van der Waals surface area contributed by atoms with E-state index in [4.69, 9.17) is 5.73 Å². The zero-order valence-electron chi connectivity index (χ0n) is 11.2. The zero-order valence-corrected chi connectivity index (χ0v) is 11.2. The van der Waals surface area contributed by atoms with Crippen LogP contribution in [-0.4, -0.2) is 30.9 Å². The van der Waals surface area contributed by atoms with Crippen LogP contribution in [0.2, 0.25) is 0 Å². The van der Waals surface area contributed by atoms with Crippen LogP contribution < -0.4 is 5.73 Å². The summed E-state index contributed by atoms with van der Waals surface area (Å²) in [5, 5.41) is 0. The molecule has 0 bridgehead atoms. The summed E-state index contributed by atoms with van der Waals surface area (Å²) in [5.74, 6) is 6.18. The summed E-state index contributed by atoms with van der Waals surface area (Å²) in [6.07, 6.45) is 0. The van der Waals surface area contributed by atoms with E-state index in [-0.39, 0.29) is 5.91 Å². The molecular weight excluding hydrogens is 224 g/mol. The van der Waals surface area contributed by atoms with Crippen molar-refractivity contribution >= 4 is 5.91 Å². The summed E-state index contributed by atoms with van der Waals surface area (Å²) in [6, 6.07) is 7.38. The molecule has 0 radical (unpaired) electrons. The summed E-state index contributed by atoms with van der Waals surface area (Å²) in [5.41, 5.74) is 6.74. The average Bonchev–Trinajstić information content (AvgIpc) is 2.35. The molecule has 0 heterocycles. The highest BCUT2D eigenvalue weighted by molar-refractivity contribution is 5.96. The van der Waals surface area contributed by atoms with Crippen molar-refractivity contribution in [2.75, 3.05) is 20.1 Å². The molecule has 96 valence electrons. The van der Waals surface area contributed by atoms with Gasteiger partial charge in [0.2, 0.25) is 0 Å². The molecule has 2 N–H and O–H groups in total. The monoisotopic (exact) mass is 244 g/mol. The van der Waals surface area contributed by atoms with Crippen molar-refractivity contribution in [1.29, 1.82) is 0 Å². The van der Waals surface area contributed by atoms with E-state index < -0.39 is 0 Å². The molecule has 0 atom stereocenters. The standard InChI is InChI=1S/C15H20N2O/c1-12(2)11-17(3)15(18)14-9-5-4-7-13(14)8-6-10-16/h4-5,7,9,12H,10-11,16H2,1-3H3. The van der Waals surface area contributed by atoms with Crippen LogP contribution in [0.3, 0.4) is 0 Å². The number of nitrogens with two attached hydrogens (primary N) is 1. The Balaban J connectivity index is 2.98. The van der Waals surface area contributed by atoms with Gasteiger partial charge in [-0.2, -0.15) is 0 Å². The summed E-state index contributed by atoms with van der Waals surface area (Å²) < 4.78 is 0. The molecule has 1 aromatic carbocycles. The maximum Gasteiger partial charge on any atom is 0.254 e. The SMILES string of the molecule is CC(C)CN(C)C(=O)c1ccccc1C#CCN. The first-order valence-electron chi connectivity index (χ1n) is 6.09. The number of hydrogen-bond acceptors (Lipinski definition) is 2. The average molecular weight is 244 g/mol. The summed E-state index contributed by atoms with van der Waals surface area (Å²) in [6.45, 7) is 5.20. The Morgan fingerprint density at radius 2 is 2.06 bits per heavy atom. The highest BCUT2D eigenvalue weighted by Crippen LogP contribution is 2.11. The van der Waals surface area contributed by atoms with E-state index in [0.29, 0.717) is 18.0 Å². The van der Waals surface area contributed by atoms with Gasteiger partial charge >= 0.3 is 0 Å². The van der Waals surface area contributed by atoms with E-state index in [1.165, 1.54) is 0 Å². The van der Waals surface area contributed by atoms with Gasteiger partial charge in [-0.15, -0.1) is 0 Å². The Hall–Kier alpha value is -1.79. The number of hydrogen-bond donors (Lipinski definition) is 1. The van der Waals surface area contributed by atoms with Gasteiger partial charge in [0.25, 0.3) is 5.91 Å². The van der Waals surface area contributed by atoms with E-state index >= 15 is 0 Å². The van der Waals surface area contributed by atoms with Crippen molar-refractivity contribution in [3.8, 4) is 11.8 Å². The minimum atomic E-state index is 0.00521. The number of amides is 1. The molecule has 0 aliphatic heterocycles. The summed E-state index contributed by atoms with van der Waals surface area (Å²) in [4.78, 5) is 14.0. The molecule has 0 spiro atoms. The van der Waals surface area contributed by atoms with Crippen LogP contribution >= 0.6 is 0 Å². The predicted molar refractivity (Wildman–Crippen MR) is 74.2 cm³/mol. The van der Waals surface area contributed by atoms with Gasteiger partial charge in [0.1, 0.15) is 0 Å². The van der Waals surface area contributed by atoms with Gasteiger partial charge in [-0.05, 0) is 18.1 Å². The van der Waals surface area contributed by atoms with E-state index in [1.54, 1.807) is 11.0 Å². The fourth-order valence-corrected chi connectivity index (χ4v) is 1.76. The molecule has 0 saturated heterocycles. The van der Waals surface area contributed by atoms with Gasteiger partial charge < -0.3 is 10.6 Å². The second kappa shape index (κ2) is 6.83. The van der Waals surface area contributed by atoms with Gasteiger partial charge in [-0.25, -0.2) is 0 Å². The molecule has 18 heavy (non-hydrogen) atoms. The van der Waals surface area contributed by atoms with Crippen molar-refractivity contribution < 1.29 is 4.79 Å². The van der Waals surface area contributed by atoms with Crippen LogP contribution in [0.1, 0.15) is 29.8 Å². The molecule has 3 nitrogen and oxygen atoms in total. The Bertz CT molecular complexity index is 469. The molecule has 1 rings (SSSR count).